The molecule has 43 heavy (non-hydrogen) atoms. The molecule has 1 aromatic rings. The number of alkyl halides is 17. The second kappa shape index (κ2) is 10.7. The molecule has 3 nitrogen and oxygen atoms in total. The van der Waals surface area contributed by atoms with E-state index in [0.29, 0.717) is 5.56 Å². The molecule has 0 unspecified atom stereocenters. The molecule has 0 aromatic heterocycles. The number of hydrogen-bond donors (Lipinski definition) is 0. The molecule has 0 fully saturated rings. The van der Waals surface area contributed by atoms with Gasteiger partial charge in [-0.15, -0.1) is 0 Å². The molecule has 20 heteroatoms. The van der Waals surface area contributed by atoms with Crippen LogP contribution in [-0.2, 0) is 17.7 Å². The van der Waals surface area contributed by atoms with Crippen molar-refractivity contribution in [1.82, 2.24) is 4.90 Å². The van der Waals surface area contributed by atoms with Crippen LogP contribution in [0.25, 0.3) is 0 Å². The van der Waals surface area contributed by atoms with Crippen molar-refractivity contribution < 1.29 is 84.2 Å². The molecule has 1 aliphatic rings. The fourth-order valence-corrected chi connectivity index (χ4v) is 3.81. The third kappa shape index (κ3) is 5.90. The molecule has 0 N–H and O–H groups in total. The Bertz CT molecular complexity index is 1180. The predicted molar refractivity (Wildman–Crippen MR) is 111 cm³/mol. The molecular weight excluding hydrogens is 645 g/mol. The van der Waals surface area contributed by atoms with Crippen LogP contribution in [0.2, 0.25) is 0 Å². The highest BCUT2D eigenvalue weighted by molar-refractivity contribution is 5.68. The highest BCUT2D eigenvalue weighted by atomic mass is 19.4. The molecule has 0 saturated carbocycles. The Balaban J connectivity index is 2.27. The highest BCUT2D eigenvalue weighted by Gasteiger charge is 2.95. The SMILES string of the molecule is CC(C)(CCC(F)(F)C(F)(F)C(F)(F)C(F)(F)C(F)(F)C(F)(F)C(F)(F)C(F)(F)F)OC(=O)N1CCc2ccccc2C1. The number of ether oxygens (including phenoxy) is 1. The Kier molecular flexibility index (Phi) is 9.11. The molecule has 1 aliphatic heterocycles. The lowest BCUT2D eigenvalue weighted by molar-refractivity contribution is -0.462. The summed E-state index contributed by atoms with van der Waals surface area (Å²) in [7, 11) is 0. The number of hydrogen-bond acceptors (Lipinski definition) is 2. The summed E-state index contributed by atoms with van der Waals surface area (Å²) in [5.41, 5.74) is -0.819. The average molecular weight is 665 g/mol. The van der Waals surface area contributed by atoms with Crippen molar-refractivity contribution in [1.29, 1.82) is 0 Å². The monoisotopic (exact) mass is 665 g/mol. The maximum atomic E-state index is 14.2. The van der Waals surface area contributed by atoms with Crippen LogP contribution >= 0.6 is 0 Å². The summed E-state index contributed by atoms with van der Waals surface area (Å²) in [5, 5.41) is 0. The van der Waals surface area contributed by atoms with E-state index in [2.05, 4.69) is 0 Å². The van der Waals surface area contributed by atoms with Crippen LogP contribution in [-0.4, -0.2) is 70.8 Å². The lowest BCUT2D eigenvalue weighted by atomic mass is 9.87. The van der Waals surface area contributed by atoms with Crippen molar-refractivity contribution in [2.24, 2.45) is 0 Å². The Morgan fingerprint density at radius 2 is 1.07 bits per heavy atom. The van der Waals surface area contributed by atoms with E-state index < -0.39 is 72.2 Å². The molecule has 0 spiro atoms. The summed E-state index contributed by atoms with van der Waals surface area (Å²) in [6, 6.07) is 6.64. The molecule has 0 bridgehead atoms. The van der Waals surface area contributed by atoms with Gasteiger partial charge in [0.1, 0.15) is 5.60 Å². The number of rotatable bonds is 10. The summed E-state index contributed by atoms with van der Waals surface area (Å²) < 4.78 is 233. The van der Waals surface area contributed by atoms with Gasteiger partial charge in [-0.3, -0.25) is 0 Å². The van der Waals surface area contributed by atoms with Crippen LogP contribution in [0.4, 0.5) is 79.4 Å². The largest absolute Gasteiger partial charge is 0.460 e. The van der Waals surface area contributed by atoms with Gasteiger partial charge in [0.25, 0.3) is 0 Å². The molecule has 1 heterocycles. The first-order chi connectivity index (χ1) is 18.9. The second-order valence-electron chi connectivity index (χ2n) is 10.2. The highest BCUT2D eigenvalue weighted by Crippen LogP contribution is 2.64. The minimum atomic E-state index is -8.68. The Morgan fingerprint density at radius 3 is 1.53 bits per heavy atom. The zero-order chi connectivity index (χ0) is 33.9. The molecule has 0 saturated heterocycles. The zero-order valence-corrected chi connectivity index (χ0v) is 21.5. The summed E-state index contributed by atoms with van der Waals surface area (Å²) >= 11 is 0. The van der Waals surface area contributed by atoms with Crippen molar-refractivity contribution in [3.63, 3.8) is 0 Å². The van der Waals surface area contributed by atoms with Crippen molar-refractivity contribution in [3.05, 3.63) is 35.4 Å². The lowest BCUT2D eigenvalue weighted by Crippen LogP contribution is -2.74. The third-order valence-electron chi connectivity index (χ3n) is 6.58. The topological polar surface area (TPSA) is 29.5 Å². The maximum absolute atomic E-state index is 14.2. The van der Waals surface area contributed by atoms with Crippen molar-refractivity contribution >= 4 is 6.09 Å². The van der Waals surface area contributed by atoms with E-state index >= 15 is 0 Å². The molecule has 0 radical (unpaired) electrons. The first-order valence-electron chi connectivity index (χ1n) is 11.7. The Hall–Kier alpha value is -2.70. The fraction of sp³-hybridized carbons (Fsp3) is 0.696. The van der Waals surface area contributed by atoms with E-state index in [9.17, 15) is 79.4 Å². The molecular formula is C23H20F17NO2. The Labute approximate surface area is 230 Å². The van der Waals surface area contributed by atoms with Crippen LogP contribution < -0.4 is 0 Å². The minimum absolute atomic E-state index is 0.00763. The summed E-state index contributed by atoms with van der Waals surface area (Å²) in [6.45, 7) is 1.45. The fourth-order valence-electron chi connectivity index (χ4n) is 3.81. The third-order valence-corrected chi connectivity index (χ3v) is 6.58. The molecule has 1 aromatic carbocycles. The zero-order valence-electron chi connectivity index (χ0n) is 21.5. The van der Waals surface area contributed by atoms with Gasteiger partial charge in [-0.05, 0) is 37.8 Å². The van der Waals surface area contributed by atoms with Gasteiger partial charge in [-0.1, -0.05) is 24.3 Å². The second-order valence-corrected chi connectivity index (χ2v) is 10.2. The Morgan fingerprint density at radius 1 is 0.651 bits per heavy atom. The van der Waals surface area contributed by atoms with Crippen molar-refractivity contribution in [2.75, 3.05) is 6.54 Å². The van der Waals surface area contributed by atoms with E-state index in [-0.39, 0.29) is 19.5 Å². The first kappa shape index (κ1) is 36.5. The molecule has 0 aliphatic carbocycles. The van der Waals surface area contributed by atoms with E-state index in [1.54, 1.807) is 24.3 Å². The van der Waals surface area contributed by atoms with E-state index in [1.807, 2.05) is 0 Å². The number of halogens is 17. The van der Waals surface area contributed by atoms with Gasteiger partial charge >= 0.3 is 53.7 Å². The van der Waals surface area contributed by atoms with E-state index in [0.717, 1.165) is 24.3 Å². The van der Waals surface area contributed by atoms with Gasteiger partial charge < -0.3 is 9.64 Å². The maximum Gasteiger partial charge on any atom is 0.460 e. The molecule has 2 rings (SSSR count). The van der Waals surface area contributed by atoms with E-state index in [4.69, 9.17) is 4.74 Å². The van der Waals surface area contributed by atoms with Gasteiger partial charge in [-0.25, -0.2) is 4.79 Å². The summed E-state index contributed by atoms with van der Waals surface area (Å²) in [4.78, 5) is 13.5. The number of amides is 1. The van der Waals surface area contributed by atoms with Gasteiger partial charge in [0.15, 0.2) is 0 Å². The molecule has 1 amide bonds. The van der Waals surface area contributed by atoms with Crippen LogP contribution in [0.15, 0.2) is 24.3 Å². The van der Waals surface area contributed by atoms with Crippen molar-refractivity contribution in [3.8, 4) is 0 Å². The summed E-state index contributed by atoms with van der Waals surface area (Å²) in [5.74, 6) is -56.7. The quantitative estimate of drug-likeness (QED) is 0.234. The standard InChI is InChI=1S/C23H20F17NO2/c1-15(2,43-14(42)41-10-7-12-5-3-4-6-13(12)11-41)8-9-16(24,25)17(26,27)18(28,29)19(30,31)20(32,33)21(34,35)22(36,37)23(38,39)40/h3-6H,7-11H2,1-2H3. The first-order valence-corrected chi connectivity index (χ1v) is 11.7. The van der Waals surface area contributed by atoms with Crippen LogP contribution in [0.1, 0.15) is 37.8 Å². The average Bonchev–Trinajstić information content (AvgIpc) is 2.85. The van der Waals surface area contributed by atoms with Crippen LogP contribution in [0.5, 0.6) is 0 Å². The smallest absolute Gasteiger partial charge is 0.443 e. The van der Waals surface area contributed by atoms with Crippen LogP contribution in [0.3, 0.4) is 0 Å². The van der Waals surface area contributed by atoms with Crippen LogP contribution in [0, 0.1) is 0 Å². The van der Waals surface area contributed by atoms with Gasteiger partial charge in [-0.2, -0.15) is 74.6 Å². The number of fused-ring (bicyclic) bond motifs is 1. The number of nitrogens with zero attached hydrogens (tertiary/aromatic N) is 1. The van der Waals surface area contributed by atoms with Crippen molar-refractivity contribution in [2.45, 2.75) is 92.9 Å². The number of benzene rings is 1. The van der Waals surface area contributed by atoms with E-state index in [1.165, 1.54) is 0 Å². The molecule has 0 atom stereocenters. The van der Waals surface area contributed by atoms with Gasteiger partial charge in [0, 0.05) is 19.5 Å². The normalized spacial score (nSPS) is 16.7. The number of carbonyl (C=O) groups is 1. The summed E-state index contributed by atoms with van der Waals surface area (Å²) in [6.07, 6.45) is -13.0. The minimum Gasteiger partial charge on any atom is -0.443 e. The van der Waals surface area contributed by atoms with Gasteiger partial charge in [0.2, 0.25) is 0 Å². The molecule has 248 valence electrons. The predicted octanol–water partition coefficient (Wildman–Crippen LogP) is 8.75. The lowest BCUT2D eigenvalue weighted by Gasteiger charge is -2.43. The van der Waals surface area contributed by atoms with Gasteiger partial charge in [0.05, 0.1) is 0 Å². The number of carbonyl (C=O) groups excluding carboxylic acids is 1.